The van der Waals surface area contributed by atoms with Crippen LogP contribution < -0.4 is 0 Å². The van der Waals surface area contributed by atoms with Crippen LogP contribution in [0.25, 0.3) is 0 Å². The molecule has 2 rings (SSSR count). The van der Waals surface area contributed by atoms with Crippen LogP contribution in [-0.2, 0) is 15.0 Å². The number of nitrogens with zero attached hydrogens (tertiary/aromatic N) is 1. The monoisotopic (exact) mass is 365 g/mol. The molecule has 1 saturated heterocycles. The van der Waals surface area contributed by atoms with Gasteiger partial charge in [-0.3, -0.25) is 9.59 Å². The molecule has 114 valence electrons. The summed E-state index contributed by atoms with van der Waals surface area (Å²) in [5, 5.41) is 9.48. The van der Waals surface area contributed by atoms with E-state index in [-0.39, 0.29) is 13.0 Å². The normalized spacial score (nSPS) is 22.4. The molecule has 0 saturated carbocycles. The molecule has 1 N–H and O–H groups in total. The van der Waals surface area contributed by atoms with E-state index in [0.29, 0.717) is 14.9 Å². The van der Waals surface area contributed by atoms with E-state index in [1.165, 1.54) is 0 Å². The van der Waals surface area contributed by atoms with Gasteiger partial charge in [0.1, 0.15) is 5.41 Å². The number of rotatable bonds is 2. The van der Waals surface area contributed by atoms with Gasteiger partial charge in [-0.15, -0.1) is 0 Å². The number of benzene rings is 1. The Morgan fingerprint density at radius 2 is 2.00 bits per heavy atom. The van der Waals surface area contributed by atoms with Crippen LogP contribution >= 0.6 is 15.9 Å². The molecule has 0 spiro atoms. The molecule has 1 heterocycles. The van der Waals surface area contributed by atoms with Crippen molar-refractivity contribution in [2.24, 2.45) is 0 Å². The van der Waals surface area contributed by atoms with Crippen molar-refractivity contribution in [2.75, 3.05) is 13.1 Å². The Balaban J connectivity index is 2.35. The van der Waals surface area contributed by atoms with Gasteiger partial charge in [0, 0.05) is 17.6 Å². The highest BCUT2D eigenvalue weighted by atomic mass is 79.9. The topological polar surface area (TPSA) is 57.6 Å². The number of likely N-dealkylation sites (tertiary alicyclic amines) is 1. The average molecular weight is 366 g/mol. The summed E-state index contributed by atoms with van der Waals surface area (Å²) < 4.78 is 38.0. The van der Waals surface area contributed by atoms with Crippen LogP contribution in [-0.4, -0.2) is 41.1 Å². The average Bonchev–Trinajstić information content (AvgIpc) is 2.83. The lowest BCUT2D eigenvalue weighted by Gasteiger charge is -2.25. The van der Waals surface area contributed by atoms with Gasteiger partial charge in [0.25, 0.3) is 0 Å². The van der Waals surface area contributed by atoms with E-state index in [4.69, 9.17) is 0 Å². The molecule has 1 atom stereocenters. The van der Waals surface area contributed by atoms with Crippen molar-refractivity contribution in [3.05, 3.63) is 34.3 Å². The molecule has 8 heteroatoms. The third-order valence-electron chi connectivity index (χ3n) is 3.59. The Morgan fingerprint density at radius 1 is 1.33 bits per heavy atom. The summed E-state index contributed by atoms with van der Waals surface area (Å²) in [6.45, 7) is -0.728. The van der Waals surface area contributed by atoms with Crippen LogP contribution in [0.4, 0.5) is 13.2 Å². The molecule has 0 aromatic heterocycles. The first-order valence-electron chi connectivity index (χ1n) is 6.02. The summed E-state index contributed by atoms with van der Waals surface area (Å²) in [7, 11) is 0. The first-order chi connectivity index (χ1) is 9.67. The number of halogens is 4. The lowest BCUT2D eigenvalue weighted by molar-refractivity contribution is -0.184. The molecule has 1 aromatic rings. The van der Waals surface area contributed by atoms with Crippen LogP contribution in [0.1, 0.15) is 12.0 Å². The van der Waals surface area contributed by atoms with E-state index in [9.17, 15) is 27.9 Å². The Kier molecular flexibility index (Phi) is 4.01. The summed E-state index contributed by atoms with van der Waals surface area (Å²) in [6.07, 6.45) is -5.05. The molecule has 1 aromatic carbocycles. The predicted molar refractivity (Wildman–Crippen MR) is 70.7 cm³/mol. The second-order valence-electron chi connectivity index (χ2n) is 4.87. The maximum absolute atomic E-state index is 12.5. The molecule has 21 heavy (non-hydrogen) atoms. The number of carbonyl (C=O) groups is 2. The molecule has 0 aliphatic carbocycles. The largest absolute Gasteiger partial charge is 0.481 e. The van der Waals surface area contributed by atoms with Crippen LogP contribution in [0.15, 0.2) is 28.7 Å². The Bertz CT molecular complexity index is 590. The molecular weight excluding hydrogens is 355 g/mol. The van der Waals surface area contributed by atoms with Crippen molar-refractivity contribution < 1.29 is 27.9 Å². The number of hydrogen-bond acceptors (Lipinski definition) is 2. The van der Waals surface area contributed by atoms with Crippen LogP contribution in [0.5, 0.6) is 0 Å². The number of carbonyl (C=O) groups excluding carboxylic acids is 1. The minimum atomic E-state index is -4.99. The van der Waals surface area contributed by atoms with Crippen molar-refractivity contribution in [3.8, 4) is 0 Å². The third kappa shape index (κ3) is 2.90. The second kappa shape index (κ2) is 5.32. The lowest BCUT2D eigenvalue weighted by Crippen LogP contribution is -2.44. The highest BCUT2D eigenvalue weighted by Gasteiger charge is 2.52. The highest BCUT2D eigenvalue weighted by molar-refractivity contribution is 9.10. The summed E-state index contributed by atoms with van der Waals surface area (Å²) >= 11 is 3.20. The Hall–Kier alpha value is -1.57. The molecule has 1 aliphatic heterocycles. The summed E-state index contributed by atoms with van der Waals surface area (Å²) in [5.41, 5.74) is -1.13. The van der Waals surface area contributed by atoms with Crippen LogP contribution in [0, 0.1) is 0 Å². The van der Waals surface area contributed by atoms with Gasteiger partial charge < -0.3 is 10.0 Å². The number of carboxylic acid groups (broad SMARTS) is 1. The fourth-order valence-corrected chi connectivity index (χ4v) is 2.88. The number of hydrogen-bond donors (Lipinski definition) is 1. The number of amides is 1. The van der Waals surface area contributed by atoms with Gasteiger partial charge in [0.15, 0.2) is 0 Å². The standard InChI is InChI=1S/C13H11BrF3NO3/c14-9-3-1-2-8(6-9)12(11(20)21)4-5-18(7-12)10(19)13(15,16)17/h1-3,6H,4-5,7H2,(H,20,21). The van der Waals surface area contributed by atoms with Crippen molar-refractivity contribution in [3.63, 3.8) is 0 Å². The molecule has 1 unspecified atom stereocenters. The third-order valence-corrected chi connectivity index (χ3v) is 4.08. The maximum Gasteiger partial charge on any atom is 0.471 e. The van der Waals surface area contributed by atoms with Crippen molar-refractivity contribution in [2.45, 2.75) is 18.0 Å². The molecule has 1 fully saturated rings. The van der Waals surface area contributed by atoms with Gasteiger partial charge in [0.2, 0.25) is 0 Å². The SMILES string of the molecule is O=C(N1CCC(C(=O)O)(c2cccc(Br)c2)C1)C(F)(F)F. The lowest BCUT2D eigenvalue weighted by atomic mass is 9.80. The number of aliphatic carboxylic acids is 1. The van der Waals surface area contributed by atoms with E-state index < -0.39 is 30.0 Å². The van der Waals surface area contributed by atoms with Crippen molar-refractivity contribution >= 4 is 27.8 Å². The van der Waals surface area contributed by atoms with Crippen LogP contribution in [0.3, 0.4) is 0 Å². The van der Waals surface area contributed by atoms with E-state index >= 15 is 0 Å². The zero-order chi connectivity index (χ0) is 15.8. The molecule has 1 amide bonds. The Labute approximate surface area is 126 Å². The van der Waals surface area contributed by atoms with E-state index in [1.807, 2.05) is 0 Å². The smallest absolute Gasteiger partial charge is 0.471 e. The maximum atomic E-state index is 12.5. The molecule has 0 radical (unpaired) electrons. The van der Waals surface area contributed by atoms with E-state index in [1.54, 1.807) is 24.3 Å². The fraction of sp³-hybridized carbons (Fsp3) is 0.385. The minimum Gasteiger partial charge on any atom is -0.481 e. The molecular formula is C13H11BrF3NO3. The second-order valence-corrected chi connectivity index (χ2v) is 5.79. The fourth-order valence-electron chi connectivity index (χ4n) is 2.48. The van der Waals surface area contributed by atoms with Gasteiger partial charge in [-0.2, -0.15) is 13.2 Å². The van der Waals surface area contributed by atoms with Gasteiger partial charge in [-0.25, -0.2) is 0 Å². The minimum absolute atomic E-state index is 0.0550. The molecule has 0 bridgehead atoms. The first-order valence-corrected chi connectivity index (χ1v) is 6.82. The summed E-state index contributed by atoms with van der Waals surface area (Å²) in [5.74, 6) is -3.24. The number of alkyl halides is 3. The van der Waals surface area contributed by atoms with Gasteiger partial charge >= 0.3 is 18.1 Å². The highest BCUT2D eigenvalue weighted by Crippen LogP contribution is 2.37. The van der Waals surface area contributed by atoms with E-state index in [0.717, 1.165) is 0 Å². The Morgan fingerprint density at radius 3 is 2.52 bits per heavy atom. The van der Waals surface area contributed by atoms with Gasteiger partial charge in [0.05, 0.1) is 0 Å². The quantitative estimate of drug-likeness (QED) is 0.876. The summed E-state index contributed by atoms with van der Waals surface area (Å²) in [4.78, 5) is 23.4. The first kappa shape index (κ1) is 15.8. The van der Waals surface area contributed by atoms with Crippen molar-refractivity contribution in [1.82, 2.24) is 4.90 Å². The van der Waals surface area contributed by atoms with Gasteiger partial charge in [-0.1, -0.05) is 28.1 Å². The predicted octanol–water partition coefficient (Wildman–Crippen LogP) is 2.57. The summed E-state index contributed by atoms with van der Waals surface area (Å²) in [6, 6.07) is 6.39. The van der Waals surface area contributed by atoms with Crippen molar-refractivity contribution in [1.29, 1.82) is 0 Å². The molecule has 1 aliphatic rings. The van der Waals surface area contributed by atoms with Crippen LogP contribution in [0.2, 0.25) is 0 Å². The van der Waals surface area contributed by atoms with E-state index in [2.05, 4.69) is 15.9 Å². The zero-order valence-electron chi connectivity index (χ0n) is 10.7. The number of carboxylic acids is 1. The zero-order valence-corrected chi connectivity index (χ0v) is 12.2. The van der Waals surface area contributed by atoms with Gasteiger partial charge in [-0.05, 0) is 24.1 Å². The molecule has 4 nitrogen and oxygen atoms in total.